The molecule has 0 aliphatic rings. The van der Waals surface area contributed by atoms with Gasteiger partial charge in [0.2, 0.25) is 5.91 Å². The van der Waals surface area contributed by atoms with E-state index in [4.69, 9.17) is 0 Å². The molecule has 1 aromatic rings. The standard InChI is InChI=1S/C11H13N3O5/c1-11(2,3)10(15)12-9-7(13(16)17)5-4-6-8(9)14(18)19/h4-6H,1-3H3,(H,12,15). The van der Waals surface area contributed by atoms with E-state index in [1.807, 2.05) is 0 Å². The van der Waals surface area contributed by atoms with Gasteiger partial charge in [0.1, 0.15) is 0 Å². The van der Waals surface area contributed by atoms with Crippen LogP contribution in [0.25, 0.3) is 0 Å². The molecule has 1 rings (SSSR count). The summed E-state index contributed by atoms with van der Waals surface area (Å²) in [4.78, 5) is 32.0. The number of rotatable bonds is 3. The molecule has 0 bridgehead atoms. The topological polar surface area (TPSA) is 115 Å². The number of benzene rings is 1. The van der Waals surface area contributed by atoms with Crippen LogP contribution in [0.5, 0.6) is 0 Å². The molecule has 8 heteroatoms. The van der Waals surface area contributed by atoms with Crippen LogP contribution in [0.3, 0.4) is 0 Å². The molecule has 0 fully saturated rings. The highest BCUT2D eigenvalue weighted by Crippen LogP contribution is 2.34. The van der Waals surface area contributed by atoms with Crippen molar-refractivity contribution < 1.29 is 14.6 Å². The lowest BCUT2D eigenvalue weighted by Crippen LogP contribution is -2.28. The molecule has 0 aromatic heterocycles. The zero-order valence-corrected chi connectivity index (χ0v) is 10.7. The zero-order chi connectivity index (χ0) is 14.8. The zero-order valence-electron chi connectivity index (χ0n) is 10.7. The minimum Gasteiger partial charge on any atom is -0.314 e. The summed E-state index contributed by atoms with van der Waals surface area (Å²) in [5.41, 5.74) is -2.23. The van der Waals surface area contributed by atoms with Gasteiger partial charge in [0.05, 0.1) is 9.85 Å². The van der Waals surface area contributed by atoms with Gasteiger partial charge in [-0.1, -0.05) is 20.8 Å². The van der Waals surface area contributed by atoms with Crippen molar-refractivity contribution in [3.8, 4) is 0 Å². The maximum atomic E-state index is 11.8. The second kappa shape index (κ2) is 5.01. The van der Waals surface area contributed by atoms with E-state index >= 15 is 0 Å². The van der Waals surface area contributed by atoms with Crippen molar-refractivity contribution in [3.05, 3.63) is 38.4 Å². The van der Waals surface area contributed by atoms with Gasteiger partial charge in [0, 0.05) is 17.5 Å². The molecule has 0 aliphatic carbocycles. The Balaban J connectivity index is 3.34. The average molecular weight is 267 g/mol. The maximum absolute atomic E-state index is 11.8. The van der Waals surface area contributed by atoms with E-state index in [9.17, 15) is 25.0 Å². The largest absolute Gasteiger partial charge is 0.314 e. The molecule has 0 heterocycles. The lowest BCUT2D eigenvalue weighted by molar-refractivity contribution is -0.392. The molecule has 8 nitrogen and oxygen atoms in total. The Morgan fingerprint density at radius 3 is 1.84 bits per heavy atom. The smallest absolute Gasteiger partial charge is 0.299 e. The summed E-state index contributed by atoms with van der Waals surface area (Å²) < 4.78 is 0. The number of nitrogens with zero attached hydrogens (tertiary/aromatic N) is 2. The quantitative estimate of drug-likeness (QED) is 0.667. The first-order valence-electron chi connectivity index (χ1n) is 5.38. The molecule has 0 spiro atoms. The Labute approximate surface area is 108 Å². The van der Waals surface area contributed by atoms with Crippen molar-refractivity contribution in [2.45, 2.75) is 20.8 Å². The van der Waals surface area contributed by atoms with E-state index in [0.29, 0.717) is 0 Å². The minimum absolute atomic E-state index is 0.391. The molecule has 1 amide bonds. The number of nitro groups is 2. The van der Waals surface area contributed by atoms with Crippen molar-refractivity contribution in [1.29, 1.82) is 0 Å². The molecule has 19 heavy (non-hydrogen) atoms. The first kappa shape index (κ1) is 14.6. The number of anilines is 1. The predicted octanol–water partition coefficient (Wildman–Crippen LogP) is 2.49. The average Bonchev–Trinajstić information content (AvgIpc) is 2.27. The van der Waals surface area contributed by atoms with Gasteiger partial charge in [-0.2, -0.15) is 0 Å². The van der Waals surface area contributed by atoms with Crippen molar-refractivity contribution in [2.24, 2.45) is 5.41 Å². The number of carbonyl (C=O) groups excluding carboxylic acids is 1. The summed E-state index contributed by atoms with van der Waals surface area (Å²) in [5, 5.41) is 24.0. The predicted molar refractivity (Wildman–Crippen MR) is 67.8 cm³/mol. The summed E-state index contributed by atoms with van der Waals surface area (Å²) >= 11 is 0. The third-order valence-electron chi connectivity index (χ3n) is 2.33. The van der Waals surface area contributed by atoms with Gasteiger partial charge in [0.25, 0.3) is 11.4 Å². The van der Waals surface area contributed by atoms with Crippen LogP contribution in [0.2, 0.25) is 0 Å². The fraction of sp³-hybridized carbons (Fsp3) is 0.364. The number of para-hydroxylation sites is 1. The molecule has 0 atom stereocenters. The SMILES string of the molecule is CC(C)(C)C(=O)Nc1c([N+](=O)[O-])cccc1[N+](=O)[O-]. The van der Waals surface area contributed by atoms with Crippen LogP contribution in [-0.4, -0.2) is 15.8 Å². The Morgan fingerprint density at radius 1 is 1.11 bits per heavy atom. The summed E-state index contributed by atoms with van der Waals surface area (Å²) in [7, 11) is 0. The van der Waals surface area contributed by atoms with Crippen molar-refractivity contribution >= 4 is 23.0 Å². The molecule has 1 aromatic carbocycles. The number of amides is 1. The highest BCUT2D eigenvalue weighted by Gasteiger charge is 2.30. The molecule has 0 saturated carbocycles. The normalized spacial score (nSPS) is 10.9. The molecule has 102 valence electrons. The van der Waals surface area contributed by atoms with Crippen LogP contribution in [0, 0.1) is 25.6 Å². The monoisotopic (exact) mass is 267 g/mol. The lowest BCUT2D eigenvalue weighted by atomic mass is 9.95. The van der Waals surface area contributed by atoms with E-state index < -0.39 is 38.2 Å². The van der Waals surface area contributed by atoms with E-state index in [0.717, 1.165) is 12.1 Å². The first-order valence-corrected chi connectivity index (χ1v) is 5.38. The Kier molecular flexibility index (Phi) is 3.83. The Hall–Kier alpha value is -2.51. The summed E-state index contributed by atoms with van der Waals surface area (Å²) in [5.74, 6) is -0.537. The summed E-state index contributed by atoms with van der Waals surface area (Å²) in [6.45, 7) is 4.80. The van der Waals surface area contributed by atoms with Gasteiger partial charge in [-0.25, -0.2) is 0 Å². The van der Waals surface area contributed by atoms with Gasteiger partial charge in [-0.05, 0) is 6.07 Å². The van der Waals surface area contributed by atoms with Crippen LogP contribution in [0.4, 0.5) is 17.1 Å². The maximum Gasteiger partial charge on any atom is 0.299 e. The number of hydrogen-bond donors (Lipinski definition) is 1. The van der Waals surface area contributed by atoms with Crippen LogP contribution in [-0.2, 0) is 4.79 Å². The molecule has 0 unspecified atom stereocenters. The van der Waals surface area contributed by atoms with Gasteiger partial charge < -0.3 is 5.32 Å². The summed E-state index contributed by atoms with van der Waals surface area (Å²) in [6, 6.07) is 3.40. The Morgan fingerprint density at radius 2 is 1.53 bits per heavy atom. The highest BCUT2D eigenvalue weighted by atomic mass is 16.6. The fourth-order valence-corrected chi connectivity index (χ4v) is 1.26. The lowest BCUT2D eigenvalue weighted by Gasteiger charge is -2.17. The molecule has 1 N–H and O–H groups in total. The van der Waals surface area contributed by atoms with Crippen molar-refractivity contribution in [1.82, 2.24) is 0 Å². The number of hydrogen-bond acceptors (Lipinski definition) is 5. The second-order valence-corrected chi connectivity index (χ2v) is 4.89. The fourth-order valence-electron chi connectivity index (χ4n) is 1.26. The van der Waals surface area contributed by atoms with Gasteiger partial charge >= 0.3 is 0 Å². The van der Waals surface area contributed by atoms with Crippen molar-refractivity contribution in [3.63, 3.8) is 0 Å². The van der Waals surface area contributed by atoms with E-state index in [2.05, 4.69) is 5.32 Å². The number of nitrogens with one attached hydrogen (secondary N) is 1. The molecular formula is C11H13N3O5. The third kappa shape index (κ3) is 3.24. The minimum atomic E-state index is -0.822. The van der Waals surface area contributed by atoms with E-state index in [1.165, 1.54) is 6.07 Å². The number of carbonyl (C=O) groups is 1. The second-order valence-electron chi connectivity index (χ2n) is 4.89. The van der Waals surface area contributed by atoms with Gasteiger partial charge in [-0.15, -0.1) is 0 Å². The van der Waals surface area contributed by atoms with Crippen molar-refractivity contribution in [2.75, 3.05) is 5.32 Å². The van der Waals surface area contributed by atoms with Crippen LogP contribution in [0.15, 0.2) is 18.2 Å². The van der Waals surface area contributed by atoms with Gasteiger partial charge in [-0.3, -0.25) is 25.0 Å². The highest BCUT2D eigenvalue weighted by molar-refractivity contribution is 5.98. The molecule has 0 saturated heterocycles. The number of nitro benzene ring substituents is 2. The third-order valence-corrected chi connectivity index (χ3v) is 2.33. The summed E-state index contributed by atoms with van der Waals surface area (Å²) in [6.07, 6.45) is 0. The first-order chi connectivity index (χ1) is 8.64. The van der Waals surface area contributed by atoms with Gasteiger partial charge in [0.15, 0.2) is 5.69 Å². The van der Waals surface area contributed by atoms with E-state index in [1.54, 1.807) is 20.8 Å². The van der Waals surface area contributed by atoms with E-state index in [-0.39, 0.29) is 0 Å². The molecule has 0 aliphatic heterocycles. The molecule has 0 radical (unpaired) electrons. The van der Waals surface area contributed by atoms with Crippen LogP contribution >= 0.6 is 0 Å². The van der Waals surface area contributed by atoms with Crippen LogP contribution in [0.1, 0.15) is 20.8 Å². The Bertz CT molecular complexity index is 516. The molecular weight excluding hydrogens is 254 g/mol. The van der Waals surface area contributed by atoms with Crippen LogP contribution < -0.4 is 5.32 Å².